The predicted molar refractivity (Wildman–Crippen MR) is 61.9 cm³/mol. The van der Waals surface area contributed by atoms with Gasteiger partial charge in [-0.15, -0.1) is 0 Å². The van der Waals surface area contributed by atoms with E-state index in [1.54, 1.807) is 12.1 Å². The Morgan fingerprint density at radius 3 is 2.69 bits per heavy atom. The third kappa shape index (κ3) is 2.88. The quantitative estimate of drug-likeness (QED) is 0.884. The van der Waals surface area contributed by atoms with Crippen LogP contribution in [-0.2, 0) is 4.74 Å². The molecule has 88 valence electrons. The van der Waals surface area contributed by atoms with Gasteiger partial charge in [-0.25, -0.2) is 0 Å². The molecule has 1 N–H and O–H groups in total. The molecule has 0 bridgehead atoms. The number of halogens is 1. The van der Waals surface area contributed by atoms with Crippen molar-refractivity contribution < 1.29 is 14.6 Å². The molecular formula is C12H15ClO3. The van der Waals surface area contributed by atoms with Crippen LogP contribution in [-0.4, -0.2) is 30.5 Å². The van der Waals surface area contributed by atoms with E-state index >= 15 is 0 Å². The minimum Gasteiger partial charge on any atom is -0.489 e. The van der Waals surface area contributed by atoms with Gasteiger partial charge in [0, 0.05) is 26.1 Å². The molecule has 1 aromatic carbocycles. The molecule has 0 amide bonds. The Bertz CT molecular complexity index is 348. The van der Waals surface area contributed by atoms with Crippen LogP contribution in [0.3, 0.4) is 0 Å². The molecule has 0 radical (unpaired) electrons. The zero-order valence-electron chi connectivity index (χ0n) is 8.99. The molecule has 1 heterocycles. The second kappa shape index (κ2) is 5.04. The Hall–Kier alpha value is -0.770. The molecule has 0 spiro atoms. The lowest BCUT2D eigenvalue weighted by Gasteiger charge is -2.31. The van der Waals surface area contributed by atoms with E-state index in [-0.39, 0.29) is 6.61 Å². The highest BCUT2D eigenvalue weighted by Crippen LogP contribution is 2.26. The van der Waals surface area contributed by atoms with Crippen molar-refractivity contribution in [2.45, 2.75) is 18.4 Å². The number of ether oxygens (including phenoxy) is 2. The summed E-state index contributed by atoms with van der Waals surface area (Å²) < 4.78 is 10.7. The standard InChI is InChI=1S/C12H15ClO3/c13-10-3-1-2-4-11(10)16-9-12(14)5-7-15-8-6-12/h1-4,14H,5-9H2. The largest absolute Gasteiger partial charge is 0.489 e. The Balaban J connectivity index is 1.94. The van der Waals surface area contributed by atoms with Gasteiger partial charge in [-0.05, 0) is 12.1 Å². The van der Waals surface area contributed by atoms with Crippen molar-refractivity contribution in [3.63, 3.8) is 0 Å². The van der Waals surface area contributed by atoms with Crippen molar-refractivity contribution in [3.05, 3.63) is 29.3 Å². The smallest absolute Gasteiger partial charge is 0.138 e. The van der Waals surface area contributed by atoms with Gasteiger partial charge in [0.15, 0.2) is 0 Å². The minimum absolute atomic E-state index is 0.264. The molecule has 3 nitrogen and oxygen atoms in total. The molecule has 4 heteroatoms. The zero-order valence-corrected chi connectivity index (χ0v) is 9.74. The van der Waals surface area contributed by atoms with E-state index in [2.05, 4.69) is 0 Å². The maximum Gasteiger partial charge on any atom is 0.138 e. The lowest BCUT2D eigenvalue weighted by molar-refractivity contribution is -0.0855. The summed E-state index contributed by atoms with van der Waals surface area (Å²) in [4.78, 5) is 0. The average molecular weight is 243 g/mol. The van der Waals surface area contributed by atoms with Gasteiger partial charge in [-0.2, -0.15) is 0 Å². The van der Waals surface area contributed by atoms with E-state index in [0.29, 0.717) is 36.8 Å². The Labute approximate surface area is 99.9 Å². The zero-order chi connectivity index (χ0) is 11.4. The molecule has 0 aromatic heterocycles. The van der Waals surface area contributed by atoms with Gasteiger partial charge in [-0.1, -0.05) is 23.7 Å². The first-order valence-electron chi connectivity index (χ1n) is 5.37. The van der Waals surface area contributed by atoms with Crippen molar-refractivity contribution >= 4 is 11.6 Å². The molecule has 1 saturated heterocycles. The summed E-state index contributed by atoms with van der Waals surface area (Å²) in [7, 11) is 0. The number of para-hydroxylation sites is 1. The molecule has 1 aliphatic rings. The van der Waals surface area contributed by atoms with Gasteiger partial charge in [-0.3, -0.25) is 0 Å². The predicted octanol–water partition coefficient (Wildman–Crippen LogP) is 2.26. The van der Waals surface area contributed by atoms with Crippen LogP contribution >= 0.6 is 11.6 Å². The topological polar surface area (TPSA) is 38.7 Å². The number of rotatable bonds is 3. The number of benzene rings is 1. The van der Waals surface area contributed by atoms with Crippen LogP contribution in [0.1, 0.15) is 12.8 Å². The second-order valence-electron chi connectivity index (χ2n) is 4.06. The lowest BCUT2D eigenvalue weighted by Crippen LogP contribution is -2.41. The van der Waals surface area contributed by atoms with Crippen LogP contribution in [0.15, 0.2) is 24.3 Å². The van der Waals surface area contributed by atoms with Gasteiger partial charge in [0.05, 0.1) is 5.02 Å². The highest BCUT2D eigenvalue weighted by Gasteiger charge is 2.30. The third-order valence-corrected chi connectivity index (χ3v) is 3.07. The molecule has 0 saturated carbocycles. The molecule has 0 atom stereocenters. The fourth-order valence-corrected chi connectivity index (χ4v) is 1.86. The minimum atomic E-state index is -0.780. The summed E-state index contributed by atoms with van der Waals surface area (Å²) in [6.07, 6.45) is 1.22. The van der Waals surface area contributed by atoms with Gasteiger partial charge in [0.25, 0.3) is 0 Å². The number of hydrogen-bond donors (Lipinski definition) is 1. The highest BCUT2D eigenvalue weighted by atomic mass is 35.5. The van der Waals surface area contributed by atoms with Crippen molar-refractivity contribution in [2.75, 3.05) is 19.8 Å². The van der Waals surface area contributed by atoms with E-state index < -0.39 is 5.60 Å². The van der Waals surface area contributed by atoms with E-state index in [0.717, 1.165) is 0 Å². The first kappa shape index (κ1) is 11.7. The third-order valence-electron chi connectivity index (χ3n) is 2.76. The van der Waals surface area contributed by atoms with Crippen molar-refractivity contribution in [1.82, 2.24) is 0 Å². The molecule has 1 aromatic rings. The van der Waals surface area contributed by atoms with Crippen molar-refractivity contribution in [3.8, 4) is 5.75 Å². The molecule has 16 heavy (non-hydrogen) atoms. The SMILES string of the molecule is OC1(COc2ccccc2Cl)CCOCC1. The highest BCUT2D eigenvalue weighted by molar-refractivity contribution is 6.32. The average Bonchev–Trinajstić information content (AvgIpc) is 2.29. The van der Waals surface area contributed by atoms with Gasteiger partial charge < -0.3 is 14.6 Å². The summed E-state index contributed by atoms with van der Waals surface area (Å²) in [5.74, 6) is 0.615. The van der Waals surface area contributed by atoms with E-state index in [9.17, 15) is 5.11 Å². The summed E-state index contributed by atoms with van der Waals surface area (Å²) in [6.45, 7) is 1.44. The van der Waals surface area contributed by atoms with Gasteiger partial charge in [0.2, 0.25) is 0 Å². The van der Waals surface area contributed by atoms with Crippen molar-refractivity contribution in [1.29, 1.82) is 0 Å². The van der Waals surface area contributed by atoms with E-state index in [1.807, 2.05) is 12.1 Å². The number of aliphatic hydroxyl groups is 1. The Morgan fingerprint density at radius 1 is 1.31 bits per heavy atom. The van der Waals surface area contributed by atoms with E-state index in [1.165, 1.54) is 0 Å². The maximum atomic E-state index is 10.2. The molecule has 1 aliphatic heterocycles. The molecular weight excluding hydrogens is 228 g/mol. The van der Waals surface area contributed by atoms with Gasteiger partial charge >= 0.3 is 0 Å². The summed E-state index contributed by atoms with van der Waals surface area (Å²) >= 11 is 5.96. The van der Waals surface area contributed by atoms with Crippen LogP contribution in [0.5, 0.6) is 5.75 Å². The molecule has 2 rings (SSSR count). The van der Waals surface area contributed by atoms with Crippen LogP contribution in [0.2, 0.25) is 5.02 Å². The fourth-order valence-electron chi connectivity index (χ4n) is 1.67. The van der Waals surface area contributed by atoms with Crippen LogP contribution in [0, 0.1) is 0 Å². The number of hydrogen-bond acceptors (Lipinski definition) is 3. The Morgan fingerprint density at radius 2 is 2.00 bits per heavy atom. The fraction of sp³-hybridized carbons (Fsp3) is 0.500. The second-order valence-corrected chi connectivity index (χ2v) is 4.46. The van der Waals surface area contributed by atoms with Gasteiger partial charge in [0.1, 0.15) is 18.0 Å². The van der Waals surface area contributed by atoms with E-state index in [4.69, 9.17) is 21.1 Å². The van der Waals surface area contributed by atoms with Crippen molar-refractivity contribution in [2.24, 2.45) is 0 Å². The summed E-state index contributed by atoms with van der Waals surface area (Å²) in [5.41, 5.74) is -0.780. The van der Waals surface area contributed by atoms with Crippen LogP contribution < -0.4 is 4.74 Å². The van der Waals surface area contributed by atoms with Crippen LogP contribution in [0.25, 0.3) is 0 Å². The monoisotopic (exact) mass is 242 g/mol. The first-order chi connectivity index (χ1) is 7.70. The maximum absolute atomic E-state index is 10.2. The van der Waals surface area contributed by atoms with Crippen LogP contribution in [0.4, 0.5) is 0 Å². The summed E-state index contributed by atoms with van der Waals surface area (Å²) in [5, 5.41) is 10.7. The Kier molecular flexibility index (Phi) is 3.69. The molecule has 1 fully saturated rings. The summed E-state index contributed by atoms with van der Waals surface area (Å²) in [6, 6.07) is 7.27. The molecule has 0 unspecified atom stereocenters. The lowest BCUT2D eigenvalue weighted by atomic mass is 9.96. The normalized spacial score (nSPS) is 19.4. The molecule has 0 aliphatic carbocycles. The first-order valence-corrected chi connectivity index (χ1v) is 5.75.